The van der Waals surface area contributed by atoms with Crippen LogP contribution in [0.1, 0.15) is 12.5 Å². The molecule has 154 valence electrons. The summed E-state index contributed by atoms with van der Waals surface area (Å²) in [4.78, 5) is 10.3. The minimum Gasteiger partial charge on any atom is -0.370 e. The number of H-pyrrole nitrogens is 1. The molecule has 6 nitrogen and oxygen atoms in total. The van der Waals surface area contributed by atoms with E-state index in [-0.39, 0.29) is 5.92 Å². The third-order valence-electron chi connectivity index (χ3n) is 5.34. The number of anilines is 1. The lowest BCUT2D eigenvalue weighted by atomic mass is 10.1. The Hall–Kier alpha value is -2.09. The Morgan fingerprint density at radius 1 is 1.14 bits per heavy atom. The Balaban J connectivity index is 1.67. The zero-order chi connectivity index (χ0) is 20.8. The third kappa shape index (κ3) is 4.27. The van der Waals surface area contributed by atoms with Gasteiger partial charge in [0.05, 0.1) is 22.3 Å². The maximum absolute atomic E-state index is 12.0. The molecule has 0 spiro atoms. The van der Waals surface area contributed by atoms with E-state index in [1.165, 1.54) is 11.8 Å². The standard InChI is InChI=1S/C21H25ClN4O2S/c1-14-4-7-19-20(10-14)24-21(23-19)17-11-16(5-6-18(17)22)25-8-9-26(29(3,27)28)13-15(2)12-25/h4-7,10-11,15H,8-9,12-13H2,1-3H3,(H,23,24). The molecule has 8 heteroatoms. The fourth-order valence-corrected chi connectivity index (χ4v) is 5.02. The number of nitrogens with zero attached hydrogens (tertiary/aromatic N) is 3. The number of imidazole rings is 1. The summed E-state index contributed by atoms with van der Waals surface area (Å²) in [6.07, 6.45) is 1.28. The number of sulfonamides is 1. The molecule has 1 saturated heterocycles. The van der Waals surface area contributed by atoms with Gasteiger partial charge in [-0.25, -0.2) is 17.7 Å². The Bertz CT molecular complexity index is 1160. The molecule has 1 unspecified atom stereocenters. The van der Waals surface area contributed by atoms with Crippen LogP contribution >= 0.6 is 11.6 Å². The van der Waals surface area contributed by atoms with Crippen molar-refractivity contribution in [3.05, 3.63) is 47.0 Å². The van der Waals surface area contributed by atoms with Gasteiger partial charge in [-0.05, 0) is 48.7 Å². The van der Waals surface area contributed by atoms with Gasteiger partial charge < -0.3 is 9.88 Å². The van der Waals surface area contributed by atoms with Crippen molar-refractivity contribution >= 4 is 38.3 Å². The molecule has 2 heterocycles. The summed E-state index contributed by atoms with van der Waals surface area (Å²) in [6, 6.07) is 12.0. The number of benzene rings is 2. The minimum atomic E-state index is -3.19. The zero-order valence-electron chi connectivity index (χ0n) is 16.8. The lowest BCUT2D eigenvalue weighted by molar-refractivity contribution is 0.395. The second-order valence-corrected chi connectivity index (χ2v) is 10.3. The number of nitrogens with one attached hydrogen (secondary N) is 1. The van der Waals surface area contributed by atoms with E-state index in [1.807, 2.05) is 37.3 Å². The summed E-state index contributed by atoms with van der Waals surface area (Å²) >= 11 is 6.51. The number of aromatic nitrogens is 2. The zero-order valence-corrected chi connectivity index (χ0v) is 18.4. The van der Waals surface area contributed by atoms with Gasteiger partial charge in [0.1, 0.15) is 5.82 Å². The summed E-state index contributed by atoms with van der Waals surface area (Å²) in [6.45, 7) is 6.57. The van der Waals surface area contributed by atoms with Gasteiger partial charge in [-0.2, -0.15) is 0 Å². The molecule has 2 aromatic carbocycles. The number of hydrogen-bond donors (Lipinski definition) is 1. The van der Waals surface area contributed by atoms with Crippen molar-refractivity contribution in [3.63, 3.8) is 0 Å². The van der Waals surface area contributed by atoms with Crippen molar-refractivity contribution < 1.29 is 8.42 Å². The molecule has 1 fully saturated rings. The first-order chi connectivity index (χ1) is 13.7. The molecule has 1 aliphatic rings. The molecule has 0 saturated carbocycles. The molecule has 1 N–H and O–H groups in total. The van der Waals surface area contributed by atoms with Gasteiger partial charge >= 0.3 is 0 Å². The predicted octanol–water partition coefficient (Wildman–Crippen LogP) is 3.91. The third-order valence-corrected chi connectivity index (χ3v) is 6.94. The van der Waals surface area contributed by atoms with Crippen LogP contribution in [0.2, 0.25) is 5.02 Å². The first kappa shape index (κ1) is 20.2. The van der Waals surface area contributed by atoms with E-state index in [4.69, 9.17) is 16.6 Å². The second-order valence-electron chi connectivity index (χ2n) is 7.94. The minimum absolute atomic E-state index is 0.223. The monoisotopic (exact) mass is 432 g/mol. The molecule has 1 atom stereocenters. The van der Waals surface area contributed by atoms with E-state index in [2.05, 4.69) is 22.9 Å². The van der Waals surface area contributed by atoms with Crippen molar-refractivity contribution in [2.45, 2.75) is 13.8 Å². The van der Waals surface area contributed by atoms with Crippen LogP contribution in [-0.2, 0) is 10.0 Å². The Morgan fingerprint density at radius 2 is 1.93 bits per heavy atom. The van der Waals surface area contributed by atoms with Crippen LogP contribution in [0, 0.1) is 12.8 Å². The number of aryl methyl sites for hydroxylation is 1. The summed E-state index contributed by atoms with van der Waals surface area (Å²) in [5.74, 6) is 0.957. The molecule has 0 bridgehead atoms. The predicted molar refractivity (Wildman–Crippen MR) is 119 cm³/mol. The van der Waals surface area contributed by atoms with Crippen molar-refractivity contribution in [1.29, 1.82) is 0 Å². The number of fused-ring (bicyclic) bond motifs is 1. The van der Waals surface area contributed by atoms with Crippen molar-refractivity contribution in [3.8, 4) is 11.4 Å². The Labute approximate surface area is 176 Å². The Morgan fingerprint density at radius 3 is 2.69 bits per heavy atom. The summed E-state index contributed by atoms with van der Waals surface area (Å²) in [7, 11) is -3.19. The normalized spacial score (nSPS) is 18.9. The molecule has 0 radical (unpaired) electrons. The summed E-state index contributed by atoms with van der Waals surface area (Å²) in [5, 5.41) is 0.630. The highest BCUT2D eigenvalue weighted by Crippen LogP contribution is 2.32. The van der Waals surface area contributed by atoms with E-state index >= 15 is 0 Å². The van der Waals surface area contributed by atoms with Crippen LogP contribution in [0.3, 0.4) is 0 Å². The van der Waals surface area contributed by atoms with Crippen LogP contribution < -0.4 is 4.90 Å². The Kier molecular flexibility index (Phi) is 5.31. The highest BCUT2D eigenvalue weighted by Gasteiger charge is 2.26. The lowest BCUT2D eigenvalue weighted by Crippen LogP contribution is -2.35. The molecule has 3 aromatic rings. The van der Waals surface area contributed by atoms with Gasteiger partial charge in [-0.3, -0.25) is 0 Å². The number of rotatable bonds is 3. The second kappa shape index (κ2) is 7.63. The van der Waals surface area contributed by atoms with Gasteiger partial charge in [-0.1, -0.05) is 24.6 Å². The van der Waals surface area contributed by atoms with Crippen LogP contribution in [0.4, 0.5) is 5.69 Å². The van der Waals surface area contributed by atoms with Gasteiger partial charge in [0.25, 0.3) is 0 Å². The average Bonchev–Trinajstić information content (AvgIpc) is 2.95. The van der Waals surface area contributed by atoms with E-state index in [0.717, 1.165) is 34.7 Å². The molecule has 29 heavy (non-hydrogen) atoms. The molecule has 1 aromatic heterocycles. The van der Waals surface area contributed by atoms with Gasteiger partial charge in [0.2, 0.25) is 10.0 Å². The fourth-order valence-electron chi connectivity index (χ4n) is 3.87. The van der Waals surface area contributed by atoms with E-state index in [0.29, 0.717) is 24.7 Å². The van der Waals surface area contributed by atoms with Crippen LogP contribution in [0.5, 0.6) is 0 Å². The maximum atomic E-state index is 12.0. The van der Waals surface area contributed by atoms with Crippen molar-refractivity contribution in [2.75, 3.05) is 37.3 Å². The van der Waals surface area contributed by atoms with Crippen LogP contribution in [-0.4, -0.2) is 55.1 Å². The lowest BCUT2D eigenvalue weighted by Gasteiger charge is -2.25. The molecular weight excluding hydrogens is 408 g/mol. The van der Waals surface area contributed by atoms with E-state index < -0.39 is 10.0 Å². The van der Waals surface area contributed by atoms with E-state index in [1.54, 1.807) is 4.31 Å². The molecule has 4 rings (SSSR count). The highest BCUT2D eigenvalue weighted by atomic mass is 35.5. The smallest absolute Gasteiger partial charge is 0.211 e. The molecule has 0 amide bonds. The largest absolute Gasteiger partial charge is 0.370 e. The topological polar surface area (TPSA) is 69.3 Å². The number of hydrogen-bond acceptors (Lipinski definition) is 4. The van der Waals surface area contributed by atoms with Crippen LogP contribution in [0.15, 0.2) is 36.4 Å². The SMILES string of the molecule is Cc1ccc2nc(-c3cc(N4CCN(S(C)(=O)=O)CC(C)C4)ccc3Cl)[nH]c2c1. The van der Waals surface area contributed by atoms with E-state index in [9.17, 15) is 8.42 Å². The first-order valence-electron chi connectivity index (χ1n) is 9.67. The van der Waals surface area contributed by atoms with Crippen molar-refractivity contribution in [2.24, 2.45) is 5.92 Å². The summed E-state index contributed by atoms with van der Waals surface area (Å²) in [5.41, 5.74) is 4.91. The quantitative estimate of drug-likeness (QED) is 0.681. The summed E-state index contributed by atoms with van der Waals surface area (Å²) < 4.78 is 25.6. The molecule has 1 aliphatic heterocycles. The van der Waals surface area contributed by atoms with Gasteiger partial charge in [-0.15, -0.1) is 0 Å². The van der Waals surface area contributed by atoms with Gasteiger partial charge in [0, 0.05) is 37.4 Å². The molecule has 0 aliphatic carbocycles. The van der Waals surface area contributed by atoms with Gasteiger partial charge in [0.15, 0.2) is 0 Å². The highest BCUT2D eigenvalue weighted by molar-refractivity contribution is 7.88. The maximum Gasteiger partial charge on any atom is 0.211 e. The average molecular weight is 433 g/mol. The van der Waals surface area contributed by atoms with Crippen molar-refractivity contribution in [1.82, 2.24) is 14.3 Å². The van der Waals surface area contributed by atoms with Crippen LogP contribution in [0.25, 0.3) is 22.4 Å². The fraction of sp³-hybridized carbons (Fsp3) is 0.381. The molecular formula is C21H25ClN4O2S. The first-order valence-corrected chi connectivity index (χ1v) is 11.9. The number of halogens is 1. The number of aromatic amines is 1.